The molecule has 0 saturated heterocycles. The van der Waals surface area contributed by atoms with Gasteiger partial charge < -0.3 is 11.1 Å². The van der Waals surface area contributed by atoms with Crippen molar-refractivity contribution in [2.24, 2.45) is 17.6 Å². The van der Waals surface area contributed by atoms with Crippen LogP contribution in [0, 0.1) is 11.8 Å². The van der Waals surface area contributed by atoms with E-state index in [0.29, 0.717) is 6.54 Å². The summed E-state index contributed by atoms with van der Waals surface area (Å²) in [7, 11) is 0. The first-order valence-electron chi connectivity index (χ1n) is 5.60. The summed E-state index contributed by atoms with van der Waals surface area (Å²) in [4.78, 5) is 13.1. The molecular weight excluding hydrogens is 220 g/mol. The Morgan fingerprint density at radius 3 is 2.62 bits per heavy atom. The monoisotopic (exact) mass is 240 g/mol. The van der Waals surface area contributed by atoms with Crippen LogP contribution >= 0.6 is 11.3 Å². The largest absolute Gasteiger partial charge is 0.348 e. The molecule has 1 unspecified atom stereocenters. The highest BCUT2D eigenvalue weighted by Gasteiger charge is 2.22. The lowest BCUT2D eigenvalue weighted by Crippen LogP contribution is -2.38. The van der Waals surface area contributed by atoms with Gasteiger partial charge in [0.05, 0.1) is 12.0 Å². The fourth-order valence-electron chi connectivity index (χ4n) is 1.61. The summed E-state index contributed by atoms with van der Waals surface area (Å²) >= 11 is 1.65. The maximum absolute atomic E-state index is 11.9. The molecule has 90 valence electrons. The predicted molar refractivity (Wildman–Crippen MR) is 68.3 cm³/mol. The molecule has 0 aromatic carbocycles. The number of hydrogen-bond acceptors (Lipinski definition) is 3. The summed E-state index contributed by atoms with van der Waals surface area (Å²) in [6.07, 6.45) is 0. The van der Waals surface area contributed by atoms with Gasteiger partial charge in [0, 0.05) is 11.4 Å². The van der Waals surface area contributed by atoms with E-state index in [0.717, 1.165) is 0 Å². The molecule has 1 aromatic heterocycles. The SMILES string of the molecule is CC(C)C(CN)C(=O)N[C@@H](C)c1cccs1. The first-order chi connectivity index (χ1) is 7.56. The lowest BCUT2D eigenvalue weighted by molar-refractivity contribution is -0.126. The molecule has 4 heteroatoms. The second kappa shape index (κ2) is 6.01. The maximum atomic E-state index is 11.9. The van der Waals surface area contributed by atoms with Crippen molar-refractivity contribution in [2.45, 2.75) is 26.8 Å². The quantitative estimate of drug-likeness (QED) is 0.828. The van der Waals surface area contributed by atoms with Gasteiger partial charge in [0.25, 0.3) is 0 Å². The Kier molecular flexibility index (Phi) is 4.96. The summed E-state index contributed by atoms with van der Waals surface area (Å²) in [5.74, 6) is 0.237. The number of rotatable bonds is 5. The lowest BCUT2D eigenvalue weighted by Gasteiger charge is -2.21. The summed E-state index contributed by atoms with van der Waals surface area (Å²) in [6, 6.07) is 4.09. The molecule has 1 amide bonds. The van der Waals surface area contributed by atoms with Crippen molar-refractivity contribution in [3.63, 3.8) is 0 Å². The Balaban J connectivity index is 2.57. The molecule has 0 fully saturated rings. The fourth-order valence-corrected chi connectivity index (χ4v) is 2.35. The van der Waals surface area contributed by atoms with Gasteiger partial charge >= 0.3 is 0 Å². The van der Waals surface area contributed by atoms with Gasteiger partial charge in [0.2, 0.25) is 5.91 Å². The van der Waals surface area contributed by atoms with Crippen LogP contribution in [-0.4, -0.2) is 12.5 Å². The number of amides is 1. The summed E-state index contributed by atoms with van der Waals surface area (Å²) < 4.78 is 0. The molecule has 0 bridgehead atoms. The van der Waals surface area contributed by atoms with E-state index in [1.165, 1.54) is 4.88 Å². The fraction of sp³-hybridized carbons (Fsp3) is 0.583. The van der Waals surface area contributed by atoms with Crippen LogP contribution in [-0.2, 0) is 4.79 Å². The first-order valence-corrected chi connectivity index (χ1v) is 6.48. The number of thiophene rings is 1. The molecule has 0 aliphatic carbocycles. The predicted octanol–water partition coefficient (Wildman–Crippen LogP) is 2.16. The smallest absolute Gasteiger partial charge is 0.225 e. The molecule has 1 heterocycles. The molecule has 3 nitrogen and oxygen atoms in total. The van der Waals surface area contributed by atoms with E-state index in [1.54, 1.807) is 11.3 Å². The highest BCUT2D eigenvalue weighted by molar-refractivity contribution is 7.10. The Bertz CT molecular complexity index is 322. The number of nitrogens with one attached hydrogen (secondary N) is 1. The van der Waals surface area contributed by atoms with Crippen LogP contribution < -0.4 is 11.1 Å². The van der Waals surface area contributed by atoms with Gasteiger partial charge in [0.1, 0.15) is 0 Å². The van der Waals surface area contributed by atoms with E-state index in [-0.39, 0.29) is 23.8 Å². The third-order valence-corrected chi connectivity index (χ3v) is 3.78. The van der Waals surface area contributed by atoms with Crippen LogP contribution in [0.25, 0.3) is 0 Å². The van der Waals surface area contributed by atoms with Crippen LogP contribution in [0.5, 0.6) is 0 Å². The van der Waals surface area contributed by atoms with E-state index >= 15 is 0 Å². The van der Waals surface area contributed by atoms with Crippen LogP contribution in [0.1, 0.15) is 31.7 Å². The molecule has 0 saturated carbocycles. The van der Waals surface area contributed by atoms with Crippen molar-refractivity contribution in [3.8, 4) is 0 Å². The van der Waals surface area contributed by atoms with E-state index in [4.69, 9.17) is 5.73 Å². The zero-order valence-corrected chi connectivity index (χ0v) is 10.9. The molecule has 1 aromatic rings. The number of carbonyl (C=O) groups is 1. The van der Waals surface area contributed by atoms with Crippen molar-refractivity contribution in [1.82, 2.24) is 5.32 Å². The average molecular weight is 240 g/mol. The Morgan fingerprint density at radius 1 is 1.50 bits per heavy atom. The van der Waals surface area contributed by atoms with E-state index in [9.17, 15) is 4.79 Å². The lowest BCUT2D eigenvalue weighted by atomic mass is 9.95. The summed E-state index contributed by atoms with van der Waals surface area (Å²) in [5, 5.41) is 5.02. The zero-order chi connectivity index (χ0) is 12.1. The van der Waals surface area contributed by atoms with Gasteiger partial charge in [-0.05, 0) is 24.3 Å². The van der Waals surface area contributed by atoms with Gasteiger partial charge in [0.15, 0.2) is 0 Å². The molecule has 1 rings (SSSR count). The van der Waals surface area contributed by atoms with E-state index in [1.807, 2.05) is 38.3 Å². The number of carbonyl (C=O) groups excluding carboxylic acids is 1. The summed E-state index contributed by atoms with van der Waals surface area (Å²) in [6.45, 7) is 6.44. The minimum Gasteiger partial charge on any atom is -0.348 e. The minimum absolute atomic E-state index is 0.0541. The van der Waals surface area contributed by atoms with Gasteiger partial charge in [-0.2, -0.15) is 0 Å². The third-order valence-electron chi connectivity index (χ3n) is 2.72. The standard InChI is InChI=1S/C12H20N2OS/c1-8(2)10(7-13)12(15)14-9(3)11-5-4-6-16-11/h4-6,8-10H,7,13H2,1-3H3,(H,14,15)/t9-,10?/m0/s1. The van der Waals surface area contributed by atoms with Crippen LogP contribution in [0.4, 0.5) is 0 Å². The van der Waals surface area contributed by atoms with Gasteiger partial charge in [-0.1, -0.05) is 19.9 Å². The summed E-state index contributed by atoms with van der Waals surface area (Å²) in [5.41, 5.74) is 5.61. The number of nitrogens with two attached hydrogens (primary N) is 1. The van der Waals surface area contributed by atoms with Crippen molar-refractivity contribution in [3.05, 3.63) is 22.4 Å². The molecule has 0 aliphatic heterocycles. The van der Waals surface area contributed by atoms with Crippen LogP contribution in [0.15, 0.2) is 17.5 Å². The Hall–Kier alpha value is -0.870. The molecular formula is C12H20N2OS. The van der Waals surface area contributed by atoms with Gasteiger partial charge in [-0.3, -0.25) is 4.79 Å². The van der Waals surface area contributed by atoms with Gasteiger partial charge in [-0.25, -0.2) is 0 Å². The molecule has 0 radical (unpaired) electrons. The minimum atomic E-state index is -0.0950. The van der Waals surface area contributed by atoms with E-state index in [2.05, 4.69) is 5.32 Å². The molecule has 3 N–H and O–H groups in total. The van der Waals surface area contributed by atoms with Crippen molar-refractivity contribution >= 4 is 17.2 Å². The van der Waals surface area contributed by atoms with Crippen LogP contribution in [0.2, 0.25) is 0 Å². The molecule has 0 aliphatic rings. The third kappa shape index (κ3) is 3.32. The second-order valence-electron chi connectivity index (χ2n) is 4.33. The van der Waals surface area contributed by atoms with Crippen LogP contribution in [0.3, 0.4) is 0 Å². The topological polar surface area (TPSA) is 55.1 Å². The van der Waals surface area contributed by atoms with E-state index < -0.39 is 0 Å². The molecule has 16 heavy (non-hydrogen) atoms. The Labute approximate surface area is 101 Å². The maximum Gasteiger partial charge on any atom is 0.225 e. The zero-order valence-electron chi connectivity index (χ0n) is 10.1. The highest BCUT2D eigenvalue weighted by atomic mass is 32.1. The number of hydrogen-bond donors (Lipinski definition) is 2. The van der Waals surface area contributed by atoms with Crippen molar-refractivity contribution in [2.75, 3.05) is 6.54 Å². The van der Waals surface area contributed by atoms with Crippen molar-refractivity contribution in [1.29, 1.82) is 0 Å². The Morgan fingerprint density at radius 2 is 2.19 bits per heavy atom. The average Bonchev–Trinajstić information content (AvgIpc) is 2.70. The van der Waals surface area contributed by atoms with Crippen molar-refractivity contribution < 1.29 is 4.79 Å². The molecule has 2 atom stereocenters. The molecule has 0 spiro atoms. The normalized spacial score (nSPS) is 14.8. The first kappa shape index (κ1) is 13.2. The highest BCUT2D eigenvalue weighted by Crippen LogP contribution is 2.19. The van der Waals surface area contributed by atoms with Gasteiger partial charge in [-0.15, -0.1) is 11.3 Å². The second-order valence-corrected chi connectivity index (χ2v) is 5.31.